The zero-order chi connectivity index (χ0) is 16.8. The number of nitrogens with one attached hydrogen (secondary N) is 2. The Kier molecular flexibility index (Phi) is 6.37. The molecule has 0 radical (unpaired) electrons. The SMILES string of the molecule is CNC(=O)[C@@H](C)N[C@H](c1ccc(CC(C)C)cc1)c1cccs1. The molecule has 0 saturated carbocycles. The van der Waals surface area contributed by atoms with Gasteiger partial charge in [0.05, 0.1) is 12.1 Å². The molecule has 2 aromatic rings. The maximum absolute atomic E-state index is 11.9. The minimum Gasteiger partial charge on any atom is -0.358 e. The van der Waals surface area contributed by atoms with Gasteiger partial charge in [-0.1, -0.05) is 44.2 Å². The molecule has 4 heteroatoms. The molecule has 1 heterocycles. The molecule has 1 aromatic carbocycles. The lowest BCUT2D eigenvalue weighted by atomic mass is 9.98. The number of amides is 1. The largest absolute Gasteiger partial charge is 0.358 e. The zero-order valence-electron chi connectivity index (χ0n) is 14.3. The maximum Gasteiger partial charge on any atom is 0.236 e. The molecule has 0 bridgehead atoms. The number of thiophene rings is 1. The molecule has 0 aliphatic heterocycles. The van der Waals surface area contributed by atoms with Crippen LogP contribution in [0.3, 0.4) is 0 Å². The summed E-state index contributed by atoms with van der Waals surface area (Å²) in [4.78, 5) is 13.1. The first-order valence-corrected chi connectivity index (χ1v) is 8.99. The predicted octanol–water partition coefficient (Wildman–Crippen LogP) is 3.76. The molecule has 3 nitrogen and oxygen atoms in total. The number of benzene rings is 1. The molecule has 0 unspecified atom stereocenters. The molecule has 23 heavy (non-hydrogen) atoms. The molecule has 0 spiro atoms. The number of likely N-dealkylation sites (N-methyl/N-ethyl adjacent to an activating group) is 1. The van der Waals surface area contributed by atoms with Crippen LogP contribution in [-0.4, -0.2) is 19.0 Å². The number of rotatable bonds is 7. The first-order chi connectivity index (χ1) is 11.0. The first kappa shape index (κ1) is 17.7. The van der Waals surface area contributed by atoms with Gasteiger partial charge in [-0.15, -0.1) is 11.3 Å². The molecule has 1 aromatic heterocycles. The van der Waals surface area contributed by atoms with Crippen LogP contribution in [0.4, 0.5) is 0 Å². The second kappa shape index (κ2) is 8.27. The number of carbonyl (C=O) groups excluding carboxylic acids is 1. The van der Waals surface area contributed by atoms with Crippen LogP contribution in [0.25, 0.3) is 0 Å². The third kappa shape index (κ3) is 4.91. The Morgan fingerprint density at radius 2 is 1.83 bits per heavy atom. The summed E-state index contributed by atoms with van der Waals surface area (Å²) in [5.74, 6) is 0.656. The quantitative estimate of drug-likeness (QED) is 0.811. The van der Waals surface area contributed by atoms with E-state index in [1.165, 1.54) is 16.0 Å². The van der Waals surface area contributed by atoms with E-state index in [1.54, 1.807) is 18.4 Å². The fraction of sp³-hybridized carbons (Fsp3) is 0.421. The predicted molar refractivity (Wildman–Crippen MR) is 97.8 cm³/mol. The van der Waals surface area contributed by atoms with Crippen molar-refractivity contribution in [2.45, 2.75) is 39.3 Å². The van der Waals surface area contributed by atoms with Crippen LogP contribution in [0.5, 0.6) is 0 Å². The number of hydrogen-bond donors (Lipinski definition) is 2. The van der Waals surface area contributed by atoms with Gasteiger partial charge < -0.3 is 5.32 Å². The van der Waals surface area contributed by atoms with Gasteiger partial charge in [0.25, 0.3) is 0 Å². The van der Waals surface area contributed by atoms with Gasteiger partial charge in [0, 0.05) is 11.9 Å². The summed E-state index contributed by atoms with van der Waals surface area (Å²) in [6.07, 6.45) is 1.09. The standard InChI is InChI=1S/C19H26N2OS/c1-13(2)12-15-7-9-16(10-8-15)18(17-6-5-11-23-17)21-14(3)19(22)20-4/h5-11,13-14,18,21H,12H2,1-4H3,(H,20,22)/t14-,18-/m1/s1. The molecule has 2 N–H and O–H groups in total. The summed E-state index contributed by atoms with van der Waals surface area (Å²) in [6, 6.07) is 12.7. The Balaban J connectivity index is 2.22. The molecular formula is C19H26N2OS. The third-order valence-corrected chi connectivity index (χ3v) is 4.78. The lowest BCUT2D eigenvalue weighted by molar-refractivity contribution is -0.122. The van der Waals surface area contributed by atoms with Crippen LogP contribution in [0, 0.1) is 5.92 Å². The van der Waals surface area contributed by atoms with Gasteiger partial charge in [0.15, 0.2) is 0 Å². The number of carbonyl (C=O) groups is 1. The molecule has 124 valence electrons. The fourth-order valence-electron chi connectivity index (χ4n) is 2.66. The van der Waals surface area contributed by atoms with Gasteiger partial charge in [0.2, 0.25) is 5.91 Å². The van der Waals surface area contributed by atoms with Gasteiger partial charge in [-0.25, -0.2) is 0 Å². The molecule has 0 fully saturated rings. The Labute approximate surface area is 143 Å². The summed E-state index contributed by atoms with van der Waals surface area (Å²) < 4.78 is 0. The highest BCUT2D eigenvalue weighted by Crippen LogP contribution is 2.27. The lowest BCUT2D eigenvalue weighted by Crippen LogP contribution is -2.42. The van der Waals surface area contributed by atoms with Crippen molar-refractivity contribution in [3.8, 4) is 0 Å². The minimum absolute atomic E-state index is 0.00276. The van der Waals surface area contributed by atoms with Crippen molar-refractivity contribution in [2.24, 2.45) is 5.92 Å². The van der Waals surface area contributed by atoms with Gasteiger partial charge in [0.1, 0.15) is 0 Å². The zero-order valence-corrected chi connectivity index (χ0v) is 15.1. The average molecular weight is 330 g/mol. The molecule has 0 aliphatic carbocycles. The second-order valence-electron chi connectivity index (χ2n) is 6.29. The maximum atomic E-state index is 11.9. The summed E-state index contributed by atoms with van der Waals surface area (Å²) in [5.41, 5.74) is 2.55. The van der Waals surface area contributed by atoms with E-state index in [1.807, 2.05) is 13.0 Å². The van der Waals surface area contributed by atoms with Crippen LogP contribution >= 0.6 is 11.3 Å². The van der Waals surface area contributed by atoms with Crippen molar-refractivity contribution >= 4 is 17.2 Å². The topological polar surface area (TPSA) is 41.1 Å². The van der Waals surface area contributed by atoms with Crippen LogP contribution in [0.2, 0.25) is 0 Å². The summed E-state index contributed by atoms with van der Waals surface area (Å²) in [5, 5.41) is 8.22. The van der Waals surface area contributed by atoms with E-state index >= 15 is 0 Å². The molecule has 2 rings (SSSR count). The highest BCUT2D eigenvalue weighted by Gasteiger charge is 2.20. The fourth-order valence-corrected chi connectivity index (χ4v) is 3.47. The van der Waals surface area contributed by atoms with E-state index in [4.69, 9.17) is 0 Å². The van der Waals surface area contributed by atoms with Gasteiger partial charge in [-0.05, 0) is 41.8 Å². The minimum atomic E-state index is -0.248. The Morgan fingerprint density at radius 1 is 1.13 bits per heavy atom. The van der Waals surface area contributed by atoms with Crippen molar-refractivity contribution in [3.05, 3.63) is 57.8 Å². The van der Waals surface area contributed by atoms with Crippen LogP contribution < -0.4 is 10.6 Å². The Morgan fingerprint density at radius 3 is 2.35 bits per heavy atom. The van der Waals surface area contributed by atoms with Crippen LogP contribution in [-0.2, 0) is 11.2 Å². The monoisotopic (exact) mass is 330 g/mol. The van der Waals surface area contributed by atoms with Gasteiger partial charge in [-0.3, -0.25) is 10.1 Å². The van der Waals surface area contributed by atoms with Gasteiger partial charge in [-0.2, -0.15) is 0 Å². The van der Waals surface area contributed by atoms with Gasteiger partial charge >= 0.3 is 0 Å². The van der Waals surface area contributed by atoms with Crippen molar-refractivity contribution in [3.63, 3.8) is 0 Å². The first-order valence-electron chi connectivity index (χ1n) is 8.11. The summed E-state index contributed by atoms with van der Waals surface area (Å²) >= 11 is 1.71. The van der Waals surface area contributed by atoms with E-state index in [0.29, 0.717) is 5.92 Å². The summed E-state index contributed by atoms with van der Waals surface area (Å²) in [6.45, 7) is 6.36. The normalized spacial score (nSPS) is 13.8. The highest BCUT2D eigenvalue weighted by molar-refractivity contribution is 7.10. The van der Waals surface area contributed by atoms with Crippen molar-refractivity contribution in [1.29, 1.82) is 0 Å². The molecule has 0 aliphatic rings. The summed E-state index contributed by atoms with van der Waals surface area (Å²) in [7, 11) is 1.67. The van der Waals surface area contributed by atoms with Crippen molar-refractivity contribution in [1.82, 2.24) is 10.6 Å². The molecular weight excluding hydrogens is 304 g/mol. The Hall–Kier alpha value is -1.65. The second-order valence-corrected chi connectivity index (χ2v) is 7.27. The molecule has 0 saturated heterocycles. The lowest BCUT2D eigenvalue weighted by Gasteiger charge is -2.22. The number of hydrogen-bond acceptors (Lipinski definition) is 3. The molecule has 1 amide bonds. The van der Waals surface area contributed by atoms with Crippen LogP contribution in [0.15, 0.2) is 41.8 Å². The third-order valence-electron chi connectivity index (χ3n) is 3.84. The molecule has 2 atom stereocenters. The van der Waals surface area contributed by atoms with E-state index in [-0.39, 0.29) is 18.0 Å². The average Bonchev–Trinajstić information content (AvgIpc) is 3.06. The van der Waals surface area contributed by atoms with Crippen molar-refractivity contribution in [2.75, 3.05) is 7.05 Å². The van der Waals surface area contributed by atoms with E-state index < -0.39 is 0 Å². The highest BCUT2D eigenvalue weighted by atomic mass is 32.1. The van der Waals surface area contributed by atoms with E-state index in [2.05, 4.69) is 60.2 Å². The van der Waals surface area contributed by atoms with E-state index in [0.717, 1.165) is 6.42 Å². The Bertz CT molecular complexity index is 605. The van der Waals surface area contributed by atoms with Crippen LogP contribution in [0.1, 0.15) is 42.8 Å². The van der Waals surface area contributed by atoms with Crippen molar-refractivity contribution < 1.29 is 4.79 Å². The smallest absolute Gasteiger partial charge is 0.236 e. The van der Waals surface area contributed by atoms with E-state index in [9.17, 15) is 4.79 Å².